The summed E-state index contributed by atoms with van der Waals surface area (Å²) < 4.78 is 0. The molecule has 1 aliphatic rings. The van der Waals surface area contributed by atoms with Crippen LogP contribution in [0.1, 0.15) is 38.7 Å². The molecule has 2 rings (SSSR count). The molecule has 0 spiro atoms. The van der Waals surface area contributed by atoms with Gasteiger partial charge in [0.2, 0.25) is 5.91 Å². The van der Waals surface area contributed by atoms with Crippen LogP contribution in [0.4, 0.5) is 10.5 Å². The normalized spacial score (nSPS) is 15.6. The minimum atomic E-state index is -0.180. The van der Waals surface area contributed by atoms with Gasteiger partial charge < -0.3 is 15.5 Å². The van der Waals surface area contributed by atoms with Crippen molar-refractivity contribution in [3.05, 3.63) is 29.8 Å². The Morgan fingerprint density at radius 1 is 1.17 bits per heavy atom. The molecular formula is C18H27N3O2. The number of amides is 3. The molecule has 0 unspecified atom stereocenters. The average molecular weight is 317 g/mol. The van der Waals surface area contributed by atoms with Crippen LogP contribution >= 0.6 is 0 Å². The van der Waals surface area contributed by atoms with Gasteiger partial charge in [0.05, 0.1) is 0 Å². The van der Waals surface area contributed by atoms with E-state index in [1.54, 1.807) is 0 Å². The molecule has 2 N–H and O–H groups in total. The Balaban J connectivity index is 1.74. The van der Waals surface area contributed by atoms with Gasteiger partial charge in [0, 0.05) is 31.2 Å². The fraction of sp³-hybridized carbons (Fsp3) is 0.556. The molecule has 0 saturated carbocycles. The summed E-state index contributed by atoms with van der Waals surface area (Å²) in [5.41, 5.74) is 1.95. The zero-order valence-electron chi connectivity index (χ0n) is 14.3. The third-order valence-corrected chi connectivity index (χ3v) is 4.08. The maximum Gasteiger partial charge on any atom is 0.319 e. The van der Waals surface area contributed by atoms with Crippen LogP contribution in [-0.4, -0.2) is 36.0 Å². The quantitative estimate of drug-likeness (QED) is 0.896. The minimum absolute atomic E-state index is 0.128. The monoisotopic (exact) mass is 317 g/mol. The van der Waals surface area contributed by atoms with Gasteiger partial charge in [0.15, 0.2) is 0 Å². The van der Waals surface area contributed by atoms with E-state index in [1.165, 1.54) is 0 Å². The van der Waals surface area contributed by atoms with Crippen LogP contribution < -0.4 is 10.6 Å². The van der Waals surface area contributed by atoms with Crippen LogP contribution in [0.15, 0.2) is 24.3 Å². The number of benzene rings is 1. The Morgan fingerprint density at radius 2 is 1.78 bits per heavy atom. The highest BCUT2D eigenvalue weighted by Crippen LogP contribution is 2.14. The predicted octanol–water partition coefficient (Wildman–Crippen LogP) is 3.15. The lowest BCUT2D eigenvalue weighted by molar-refractivity contribution is -0.133. The summed E-state index contributed by atoms with van der Waals surface area (Å²) in [6.45, 7) is 7.57. The molecule has 5 heteroatoms. The fourth-order valence-corrected chi connectivity index (χ4v) is 2.74. The first-order valence-electron chi connectivity index (χ1n) is 8.36. The Kier molecular flexibility index (Phi) is 6.02. The van der Waals surface area contributed by atoms with E-state index in [0.29, 0.717) is 12.3 Å². The molecule has 0 radical (unpaired) electrons. The maximum absolute atomic E-state index is 12.0. The lowest BCUT2D eigenvalue weighted by atomic mass is 10.0. The van der Waals surface area contributed by atoms with Gasteiger partial charge >= 0.3 is 6.03 Å². The van der Waals surface area contributed by atoms with E-state index in [1.807, 2.05) is 36.1 Å². The summed E-state index contributed by atoms with van der Waals surface area (Å²) in [6, 6.07) is 7.66. The van der Waals surface area contributed by atoms with Crippen molar-refractivity contribution >= 4 is 17.6 Å². The zero-order chi connectivity index (χ0) is 16.8. The molecule has 1 aromatic carbocycles. The number of carbonyl (C=O) groups is 2. The van der Waals surface area contributed by atoms with Crippen molar-refractivity contribution in [1.29, 1.82) is 0 Å². The molecule has 5 nitrogen and oxygen atoms in total. The van der Waals surface area contributed by atoms with Gasteiger partial charge in [0.1, 0.15) is 0 Å². The first-order chi connectivity index (χ1) is 10.9. The fourth-order valence-electron chi connectivity index (χ4n) is 2.74. The first kappa shape index (κ1) is 17.3. The molecule has 1 heterocycles. The van der Waals surface area contributed by atoms with Crippen LogP contribution in [0.3, 0.4) is 0 Å². The van der Waals surface area contributed by atoms with E-state index >= 15 is 0 Å². The SMILES string of the molecule is Cc1ccc(NC(=O)NC2CCN(C(=O)CC(C)C)CC2)cc1. The molecule has 1 aliphatic heterocycles. The van der Waals surface area contributed by atoms with E-state index in [0.717, 1.165) is 37.2 Å². The van der Waals surface area contributed by atoms with Crippen molar-refractivity contribution in [2.75, 3.05) is 18.4 Å². The first-order valence-corrected chi connectivity index (χ1v) is 8.36. The van der Waals surface area contributed by atoms with E-state index in [-0.39, 0.29) is 18.0 Å². The number of urea groups is 1. The number of hydrogen-bond acceptors (Lipinski definition) is 2. The molecule has 0 atom stereocenters. The predicted molar refractivity (Wildman–Crippen MR) is 92.4 cm³/mol. The molecule has 1 saturated heterocycles. The van der Waals surface area contributed by atoms with Crippen molar-refractivity contribution in [1.82, 2.24) is 10.2 Å². The van der Waals surface area contributed by atoms with E-state index in [9.17, 15) is 9.59 Å². The lowest BCUT2D eigenvalue weighted by Crippen LogP contribution is -2.47. The van der Waals surface area contributed by atoms with Crippen molar-refractivity contribution in [3.8, 4) is 0 Å². The van der Waals surface area contributed by atoms with Gasteiger partial charge in [-0.2, -0.15) is 0 Å². The van der Waals surface area contributed by atoms with Crippen molar-refractivity contribution in [3.63, 3.8) is 0 Å². The minimum Gasteiger partial charge on any atom is -0.343 e. The summed E-state index contributed by atoms with van der Waals surface area (Å²) in [5.74, 6) is 0.612. The summed E-state index contributed by atoms with van der Waals surface area (Å²) in [6.07, 6.45) is 2.22. The average Bonchev–Trinajstić information content (AvgIpc) is 2.49. The summed E-state index contributed by atoms with van der Waals surface area (Å²) in [5, 5.41) is 5.84. The van der Waals surface area contributed by atoms with Crippen molar-refractivity contribution < 1.29 is 9.59 Å². The van der Waals surface area contributed by atoms with Gasteiger partial charge in [-0.1, -0.05) is 31.5 Å². The van der Waals surface area contributed by atoms with Crippen molar-refractivity contribution in [2.24, 2.45) is 5.92 Å². The number of aryl methyl sites for hydroxylation is 1. The van der Waals surface area contributed by atoms with Gasteiger partial charge in [-0.3, -0.25) is 4.79 Å². The highest BCUT2D eigenvalue weighted by molar-refractivity contribution is 5.89. The Hall–Kier alpha value is -2.04. The third kappa shape index (κ3) is 5.58. The lowest BCUT2D eigenvalue weighted by Gasteiger charge is -2.32. The largest absolute Gasteiger partial charge is 0.343 e. The van der Waals surface area contributed by atoms with Crippen LogP contribution in [0, 0.1) is 12.8 Å². The van der Waals surface area contributed by atoms with Crippen LogP contribution in [-0.2, 0) is 4.79 Å². The highest BCUT2D eigenvalue weighted by Gasteiger charge is 2.24. The number of nitrogens with one attached hydrogen (secondary N) is 2. The number of anilines is 1. The van der Waals surface area contributed by atoms with Crippen LogP contribution in [0.25, 0.3) is 0 Å². The molecular weight excluding hydrogens is 290 g/mol. The highest BCUT2D eigenvalue weighted by atomic mass is 16.2. The van der Waals surface area contributed by atoms with Gasteiger partial charge in [-0.25, -0.2) is 4.79 Å². The van der Waals surface area contributed by atoms with E-state index in [4.69, 9.17) is 0 Å². The van der Waals surface area contributed by atoms with Crippen molar-refractivity contribution in [2.45, 2.75) is 46.1 Å². The number of rotatable bonds is 4. The van der Waals surface area contributed by atoms with Crippen LogP contribution in [0.2, 0.25) is 0 Å². The molecule has 23 heavy (non-hydrogen) atoms. The maximum atomic E-state index is 12.0. The smallest absolute Gasteiger partial charge is 0.319 e. The summed E-state index contributed by atoms with van der Waals surface area (Å²) in [4.78, 5) is 26.0. The second-order valence-corrected chi connectivity index (χ2v) is 6.72. The second-order valence-electron chi connectivity index (χ2n) is 6.72. The van der Waals surface area contributed by atoms with E-state index < -0.39 is 0 Å². The van der Waals surface area contributed by atoms with Gasteiger partial charge in [-0.15, -0.1) is 0 Å². The Bertz CT molecular complexity index is 532. The third-order valence-electron chi connectivity index (χ3n) is 4.08. The molecule has 0 aliphatic carbocycles. The second kappa shape index (κ2) is 7.99. The number of nitrogens with zero attached hydrogens (tertiary/aromatic N) is 1. The Morgan fingerprint density at radius 3 is 2.35 bits per heavy atom. The molecule has 3 amide bonds. The van der Waals surface area contributed by atoms with E-state index in [2.05, 4.69) is 24.5 Å². The molecule has 1 fully saturated rings. The number of likely N-dealkylation sites (tertiary alicyclic amines) is 1. The molecule has 1 aromatic rings. The van der Waals surface area contributed by atoms with Gasteiger partial charge in [-0.05, 0) is 37.8 Å². The molecule has 0 aromatic heterocycles. The van der Waals surface area contributed by atoms with Crippen LogP contribution in [0.5, 0.6) is 0 Å². The zero-order valence-corrected chi connectivity index (χ0v) is 14.3. The topological polar surface area (TPSA) is 61.4 Å². The van der Waals surface area contributed by atoms with Gasteiger partial charge in [0.25, 0.3) is 0 Å². The molecule has 126 valence electrons. The summed E-state index contributed by atoms with van der Waals surface area (Å²) in [7, 11) is 0. The standard InChI is InChI=1S/C18H27N3O2/c1-13(2)12-17(22)21-10-8-16(9-11-21)20-18(23)19-15-6-4-14(3)5-7-15/h4-7,13,16H,8-12H2,1-3H3,(H2,19,20,23). The summed E-state index contributed by atoms with van der Waals surface area (Å²) >= 11 is 0. The Labute approximate surface area is 138 Å². The number of hydrogen-bond donors (Lipinski definition) is 2. The number of carbonyl (C=O) groups excluding carboxylic acids is 2. The molecule has 0 bridgehead atoms. The number of piperidine rings is 1.